The summed E-state index contributed by atoms with van der Waals surface area (Å²) in [4.78, 5) is 26.9. The van der Waals surface area contributed by atoms with Gasteiger partial charge in [0.1, 0.15) is 13.2 Å². The Morgan fingerprint density at radius 2 is 1.88 bits per heavy atom. The number of nitrogens with zero attached hydrogens (tertiary/aromatic N) is 1. The lowest BCUT2D eigenvalue weighted by Gasteiger charge is -2.28. The molecule has 1 aliphatic heterocycles. The Bertz CT molecular complexity index is 797. The van der Waals surface area contributed by atoms with Crippen LogP contribution in [0.5, 0.6) is 11.5 Å². The molecule has 0 bridgehead atoms. The molecule has 0 fully saturated rings. The maximum absolute atomic E-state index is 12.2. The van der Waals surface area contributed by atoms with Crippen molar-refractivity contribution in [3.05, 3.63) is 48.5 Å². The maximum atomic E-state index is 12.2. The number of anilines is 1. The smallest absolute Gasteiger partial charge is 0.240 e. The van der Waals surface area contributed by atoms with Crippen molar-refractivity contribution in [3.8, 4) is 11.5 Å². The van der Waals surface area contributed by atoms with Crippen molar-refractivity contribution in [2.75, 3.05) is 37.5 Å². The van der Waals surface area contributed by atoms with Gasteiger partial charge in [0.2, 0.25) is 11.8 Å². The Balaban J connectivity index is 1.50. The molecule has 6 nitrogen and oxygen atoms in total. The van der Waals surface area contributed by atoms with E-state index in [4.69, 9.17) is 9.47 Å². The number of nitrogens with one attached hydrogen (secondary N) is 1. The van der Waals surface area contributed by atoms with Crippen molar-refractivity contribution in [1.82, 2.24) is 5.32 Å². The summed E-state index contributed by atoms with van der Waals surface area (Å²) in [6, 6.07) is 14.9. The molecular weight excluding hydrogens is 352 g/mol. The van der Waals surface area contributed by atoms with Gasteiger partial charge in [0.15, 0.2) is 11.5 Å². The monoisotopic (exact) mass is 372 g/mol. The summed E-state index contributed by atoms with van der Waals surface area (Å²) in [7, 11) is 1.58. The molecule has 1 heterocycles. The molecule has 0 aliphatic carbocycles. The first-order valence-corrected chi connectivity index (χ1v) is 9.22. The lowest BCUT2D eigenvalue weighted by molar-refractivity contribution is -0.123. The molecule has 7 heteroatoms. The van der Waals surface area contributed by atoms with Gasteiger partial charge >= 0.3 is 0 Å². The molecule has 2 aromatic rings. The zero-order valence-corrected chi connectivity index (χ0v) is 15.3. The summed E-state index contributed by atoms with van der Waals surface area (Å²) in [6.45, 7) is 0.660. The fourth-order valence-corrected chi connectivity index (χ4v) is 3.55. The standard InChI is InChI=1S/C19H20N2O4S/c1-24-15-7-3-4-8-16(15)25-11-10-20-18(22)12-21-14-6-2-5-9-17(14)26-13-19(21)23/h2-9H,10-13H2,1H3,(H,20,22). The number of carbonyl (C=O) groups is 2. The van der Waals surface area contributed by atoms with Crippen molar-refractivity contribution in [1.29, 1.82) is 0 Å². The molecule has 0 aromatic heterocycles. The number of hydrogen-bond acceptors (Lipinski definition) is 5. The molecule has 0 radical (unpaired) electrons. The summed E-state index contributed by atoms with van der Waals surface area (Å²) in [5, 5.41) is 2.78. The first kappa shape index (κ1) is 18.1. The summed E-state index contributed by atoms with van der Waals surface area (Å²) >= 11 is 1.50. The van der Waals surface area contributed by atoms with Gasteiger partial charge in [-0.1, -0.05) is 24.3 Å². The Morgan fingerprint density at radius 1 is 1.15 bits per heavy atom. The van der Waals surface area contributed by atoms with Crippen molar-refractivity contribution in [2.45, 2.75) is 4.90 Å². The van der Waals surface area contributed by atoms with E-state index in [-0.39, 0.29) is 18.4 Å². The van der Waals surface area contributed by atoms with Gasteiger partial charge in [0, 0.05) is 4.90 Å². The van der Waals surface area contributed by atoms with E-state index in [1.54, 1.807) is 7.11 Å². The third-order valence-electron chi connectivity index (χ3n) is 3.86. The Morgan fingerprint density at radius 3 is 2.69 bits per heavy atom. The third kappa shape index (κ3) is 4.29. The third-order valence-corrected chi connectivity index (χ3v) is 4.91. The van der Waals surface area contributed by atoms with E-state index in [2.05, 4.69) is 5.32 Å². The molecule has 136 valence electrons. The lowest BCUT2D eigenvalue weighted by Crippen LogP contribution is -2.44. The van der Waals surface area contributed by atoms with Gasteiger partial charge in [0.25, 0.3) is 0 Å². The Labute approximate surface area is 156 Å². The van der Waals surface area contributed by atoms with Gasteiger partial charge in [-0.25, -0.2) is 0 Å². The largest absolute Gasteiger partial charge is 0.493 e. The molecule has 3 rings (SSSR count). The molecule has 0 saturated heterocycles. The van der Waals surface area contributed by atoms with E-state index in [0.29, 0.717) is 30.4 Å². The van der Waals surface area contributed by atoms with E-state index in [1.165, 1.54) is 16.7 Å². The fourth-order valence-electron chi connectivity index (χ4n) is 2.62. The topological polar surface area (TPSA) is 67.9 Å². The molecule has 0 atom stereocenters. The highest BCUT2D eigenvalue weighted by Crippen LogP contribution is 2.34. The number of methoxy groups -OCH3 is 1. The van der Waals surface area contributed by atoms with Crippen molar-refractivity contribution >= 4 is 29.3 Å². The number of benzene rings is 2. The van der Waals surface area contributed by atoms with Crippen molar-refractivity contribution < 1.29 is 19.1 Å². The average Bonchev–Trinajstić information content (AvgIpc) is 2.68. The highest BCUT2D eigenvalue weighted by molar-refractivity contribution is 8.00. The minimum atomic E-state index is -0.219. The van der Waals surface area contributed by atoms with E-state index in [1.807, 2.05) is 48.5 Å². The van der Waals surface area contributed by atoms with Crippen LogP contribution in [0.15, 0.2) is 53.4 Å². The van der Waals surface area contributed by atoms with Gasteiger partial charge in [0.05, 0.1) is 25.1 Å². The second-order valence-corrected chi connectivity index (χ2v) is 6.60. The second kappa shape index (κ2) is 8.62. The Kier molecular flexibility index (Phi) is 6.01. The van der Waals surface area contributed by atoms with Crippen LogP contribution in [-0.4, -0.2) is 44.4 Å². The molecule has 26 heavy (non-hydrogen) atoms. The first-order valence-electron chi connectivity index (χ1n) is 8.24. The predicted molar refractivity (Wildman–Crippen MR) is 101 cm³/mol. The minimum Gasteiger partial charge on any atom is -0.493 e. The molecule has 1 aliphatic rings. The number of amides is 2. The van der Waals surface area contributed by atoms with Crippen LogP contribution in [0.3, 0.4) is 0 Å². The molecule has 1 N–H and O–H groups in total. The van der Waals surface area contributed by atoms with Crippen LogP contribution in [0.4, 0.5) is 5.69 Å². The molecule has 2 aromatic carbocycles. The Hall–Kier alpha value is -2.67. The number of para-hydroxylation sites is 3. The number of thioether (sulfide) groups is 1. The summed E-state index contributed by atoms with van der Waals surface area (Å²) in [6.07, 6.45) is 0. The zero-order chi connectivity index (χ0) is 18.4. The molecule has 0 saturated carbocycles. The number of carbonyl (C=O) groups excluding carboxylic acids is 2. The van der Waals surface area contributed by atoms with Gasteiger partial charge in [-0.05, 0) is 24.3 Å². The van der Waals surface area contributed by atoms with Gasteiger partial charge in [-0.15, -0.1) is 11.8 Å². The van der Waals surface area contributed by atoms with E-state index in [0.717, 1.165) is 10.6 Å². The van der Waals surface area contributed by atoms with Crippen LogP contribution in [-0.2, 0) is 9.59 Å². The van der Waals surface area contributed by atoms with Crippen LogP contribution in [0.25, 0.3) is 0 Å². The van der Waals surface area contributed by atoms with Gasteiger partial charge in [-0.3, -0.25) is 9.59 Å². The number of rotatable bonds is 7. The highest BCUT2D eigenvalue weighted by Gasteiger charge is 2.25. The maximum Gasteiger partial charge on any atom is 0.240 e. The fraction of sp³-hybridized carbons (Fsp3) is 0.263. The van der Waals surface area contributed by atoms with Crippen LogP contribution in [0.1, 0.15) is 0 Å². The van der Waals surface area contributed by atoms with Crippen molar-refractivity contribution in [2.24, 2.45) is 0 Å². The van der Waals surface area contributed by atoms with Crippen molar-refractivity contribution in [3.63, 3.8) is 0 Å². The van der Waals surface area contributed by atoms with E-state index >= 15 is 0 Å². The molecule has 2 amide bonds. The second-order valence-electron chi connectivity index (χ2n) is 5.59. The normalized spacial score (nSPS) is 13.1. The number of fused-ring (bicyclic) bond motifs is 1. The van der Waals surface area contributed by atoms with Crippen LogP contribution < -0.4 is 19.7 Å². The van der Waals surface area contributed by atoms with E-state index < -0.39 is 0 Å². The molecule has 0 spiro atoms. The number of hydrogen-bond donors (Lipinski definition) is 1. The lowest BCUT2D eigenvalue weighted by atomic mass is 10.2. The van der Waals surface area contributed by atoms with Gasteiger partial charge < -0.3 is 19.7 Å². The summed E-state index contributed by atoms with van der Waals surface area (Å²) < 4.78 is 10.8. The molecular formula is C19H20N2O4S. The predicted octanol–water partition coefficient (Wildman–Crippen LogP) is 2.33. The quantitative estimate of drug-likeness (QED) is 0.756. The van der Waals surface area contributed by atoms with E-state index in [9.17, 15) is 9.59 Å². The number of ether oxygens (including phenoxy) is 2. The minimum absolute atomic E-state index is 0.00502. The first-order chi connectivity index (χ1) is 12.7. The summed E-state index contributed by atoms with van der Waals surface area (Å²) in [5.74, 6) is 1.34. The highest BCUT2D eigenvalue weighted by atomic mass is 32.2. The summed E-state index contributed by atoms with van der Waals surface area (Å²) in [5.41, 5.74) is 0.786. The average molecular weight is 372 g/mol. The van der Waals surface area contributed by atoms with Crippen LogP contribution >= 0.6 is 11.8 Å². The SMILES string of the molecule is COc1ccccc1OCCNC(=O)CN1C(=O)CSc2ccccc21. The zero-order valence-electron chi connectivity index (χ0n) is 14.4. The van der Waals surface area contributed by atoms with Gasteiger partial charge in [-0.2, -0.15) is 0 Å². The van der Waals surface area contributed by atoms with Crippen LogP contribution in [0, 0.1) is 0 Å². The molecule has 0 unspecified atom stereocenters. The van der Waals surface area contributed by atoms with Crippen LogP contribution in [0.2, 0.25) is 0 Å².